The van der Waals surface area contributed by atoms with E-state index < -0.39 is 39.1 Å². The highest BCUT2D eigenvalue weighted by molar-refractivity contribution is 7.85. The summed E-state index contributed by atoms with van der Waals surface area (Å²) in [5.74, 6) is -4.45. The van der Waals surface area contributed by atoms with Gasteiger partial charge in [-0.25, -0.2) is 8.60 Å². The highest BCUT2D eigenvalue weighted by atomic mass is 32.2. The van der Waals surface area contributed by atoms with Gasteiger partial charge in [-0.2, -0.15) is 13.2 Å². The van der Waals surface area contributed by atoms with Crippen LogP contribution in [-0.2, 0) is 21.6 Å². The third-order valence-corrected chi connectivity index (χ3v) is 5.31. The third-order valence-electron chi connectivity index (χ3n) is 3.83. The van der Waals surface area contributed by atoms with Gasteiger partial charge in [0.05, 0.1) is 16.0 Å². The molecule has 134 valence electrons. The van der Waals surface area contributed by atoms with E-state index in [0.29, 0.717) is 6.42 Å². The summed E-state index contributed by atoms with van der Waals surface area (Å²) in [6.45, 7) is 6.93. The lowest BCUT2D eigenvalue weighted by Crippen LogP contribution is -2.31. The van der Waals surface area contributed by atoms with E-state index in [0.717, 1.165) is 6.07 Å². The molecule has 1 heterocycles. The van der Waals surface area contributed by atoms with Crippen LogP contribution in [0.2, 0.25) is 0 Å². The smallest absolute Gasteiger partial charge is 0.301 e. The van der Waals surface area contributed by atoms with Crippen LogP contribution in [-0.4, -0.2) is 27.4 Å². The van der Waals surface area contributed by atoms with E-state index in [1.54, 1.807) is 20.8 Å². The number of halogens is 3. The summed E-state index contributed by atoms with van der Waals surface area (Å²) in [7, 11) is -1.60. The Labute approximate surface area is 142 Å². The van der Waals surface area contributed by atoms with Crippen molar-refractivity contribution in [3.8, 4) is 0 Å². The average Bonchev–Trinajstić information content (AvgIpc) is 3.01. The Hall–Kier alpha value is -1.21. The molecule has 0 unspecified atom stereocenters. The molecule has 1 fully saturated rings. The van der Waals surface area contributed by atoms with Crippen molar-refractivity contribution >= 4 is 16.7 Å². The maximum atomic E-state index is 14.7. The Morgan fingerprint density at radius 3 is 2.54 bits per heavy atom. The summed E-state index contributed by atoms with van der Waals surface area (Å²) in [5, 5.41) is 0. The molecule has 1 aromatic carbocycles. The first-order chi connectivity index (χ1) is 11.0. The lowest BCUT2D eigenvalue weighted by atomic mass is 9.97. The summed E-state index contributed by atoms with van der Waals surface area (Å²) < 4.78 is 64.3. The molecule has 0 aliphatic carbocycles. The van der Waals surface area contributed by atoms with E-state index >= 15 is 0 Å². The van der Waals surface area contributed by atoms with Crippen molar-refractivity contribution in [2.24, 2.45) is 4.40 Å². The van der Waals surface area contributed by atoms with Crippen molar-refractivity contribution < 1.29 is 22.1 Å². The van der Waals surface area contributed by atoms with Crippen molar-refractivity contribution in [2.45, 2.75) is 57.3 Å². The summed E-state index contributed by atoms with van der Waals surface area (Å²) in [4.78, 5) is 0. The fourth-order valence-electron chi connectivity index (χ4n) is 2.42. The second-order valence-corrected chi connectivity index (χ2v) is 8.74. The van der Waals surface area contributed by atoms with Gasteiger partial charge in [-0.3, -0.25) is 0 Å². The van der Waals surface area contributed by atoms with Gasteiger partial charge in [0, 0.05) is 12.2 Å². The zero-order valence-electron chi connectivity index (χ0n) is 14.2. The molecule has 1 saturated heterocycles. The van der Waals surface area contributed by atoms with Crippen LogP contribution < -0.4 is 0 Å². The Morgan fingerprint density at radius 2 is 2.00 bits per heavy atom. The van der Waals surface area contributed by atoms with E-state index in [1.165, 1.54) is 19.1 Å². The molecule has 2 atom stereocenters. The summed E-state index contributed by atoms with van der Waals surface area (Å²) in [5.41, 5.74) is -0.642. The van der Waals surface area contributed by atoms with Gasteiger partial charge in [-0.15, -0.1) is 0 Å². The zero-order valence-corrected chi connectivity index (χ0v) is 15.1. The van der Waals surface area contributed by atoms with Gasteiger partial charge >= 0.3 is 5.92 Å². The van der Waals surface area contributed by atoms with Crippen LogP contribution in [0.1, 0.15) is 51.7 Å². The average molecular weight is 361 g/mol. The monoisotopic (exact) mass is 361 g/mol. The van der Waals surface area contributed by atoms with E-state index in [-0.39, 0.29) is 24.3 Å². The van der Waals surface area contributed by atoms with Gasteiger partial charge in [-0.05, 0) is 46.6 Å². The van der Waals surface area contributed by atoms with Crippen LogP contribution in [0.4, 0.5) is 13.2 Å². The van der Waals surface area contributed by atoms with Gasteiger partial charge in [0.15, 0.2) is 0 Å². The SMILES string of the molecule is CC(=N[S@@](=O)C(C)(C)C)c1cccc(C(F)(F)[C@@H]2CCCO2)c1F. The van der Waals surface area contributed by atoms with Crippen LogP contribution in [0, 0.1) is 5.82 Å². The number of rotatable bonds is 4. The molecule has 2 rings (SSSR count). The Balaban J connectivity index is 2.41. The van der Waals surface area contributed by atoms with Crippen molar-refractivity contribution in [1.29, 1.82) is 0 Å². The quantitative estimate of drug-likeness (QED) is 0.747. The van der Waals surface area contributed by atoms with Gasteiger partial charge in [0.25, 0.3) is 0 Å². The Morgan fingerprint density at radius 1 is 1.33 bits per heavy atom. The second-order valence-electron chi connectivity index (χ2n) is 6.83. The van der Waals surface area contributed by atoms with Gasteiger partial charge in [0.1, 0.15) is 22.9 Å². The van der Waals surface area contributed by atoms with E-state index in [2.05, 4.69) is 4.40 Å². The first kappa shape index (κ1) is 19.1. The van der Waals surface area contributed by atoms with E-state index in [4.69, 9.17) is 4.74 Å². The summed E-state index contributed by atoms with van der Waals surface area (Å²) in [6, 6.07) is 3.78. The maximum absolute atomic E-state index is 14.7. The molecular formula is C17H22F3NO2S. The largest absolute Gasteiger partial charge is 0.372 e. The number of ether oxygens (including phenoxy) is 1. The molecule has 0 radical (unpaired) electrons. The number of benzene rings is 1. The van der Waals surface area contributed by atoms with Crippen LogP contribution in [0.15, 0.2) is 22.6 Å². The van der Waals surface area contributed by atoms with E-state index in [1.807, 2.05) is 0 Å². The molecule has 0 amide bonds. The third kappa shape index (κ3) is 3.88. The second kappa shape index (κ2) is 6.96. The maximum Gasteiger partial charge on any atom is 0.301 e. The van der Waals surface area contributed by atoms with Crippen LogP contribution in [0.3, 0.4) is 0 Å². The van der Waals surface area contributed by atoms with Crippen LogP contribution in [0.5, 0.6) is 0 Å². The number of hydrogen-bond acceptors (Lipinski definition) is 2. The molecule has 1 aliphatic heterocycles. The zero-order chi connectivity index (χ0) is 18.1. The van der Waals surface area contributed by atoms with Crippen molar-refractivity contribution in [2.75, 3.05) is 6.61 Å². The Kier molecular flexibility index (Phi) is 5.54. The standard InChI is InChI=1S/C17H22F3NO2S/c1-11(21-24(22)16(2,3)4)12-7-5-8-13(15(12)18)17(19,20)14-9-6-10-23-14/h5,7-8,14H,6,9-10H2,1-4H3/t14-,24-/m0/s1. The topological polar surface area (TPSA) is 38.7 Å². The minimum atomic E-state index is -3.42. The molecule has 0 aromatic heterocycles. The summed E-state index contributed by atoms with van der Waals surface area (Å²) >= 11 is 0. The van der Waals surface area contributed by atoms with Crippen molar-refractivity contribution in [3.63, 3.8) is 0 Å². The molecule has 3 nitrogen and oxygen atoms in total. The number of alkyl halides is 2. The van der Waals surface area contributed by atoms with Crippen LogP contribution >= 0.6 is 0 Å². The number of hydrogen-bond donors (Lipinski definition) is 0. The van der Waals surface area contributed by atoms with E-state index in [9.17, 15) is 17.4 Å². The molecule has 0 N–H and O–H groups in total. The highest BCUT2D eigenvalue weighted by Gasteiger charge is 2.46. The van der Waals surface area contributed by atoms with Gasteiger partial charge in [-0.1, -0.05) is 12.1 Å². The fraction of sp³-hybridized carbons (Fsp3) is 0.588. The fourth-order valence-corrected chi connectivity index (χ4v) is 3.04. The van der Waals surface area contributed by atoms with Crippen molar-refractivity contribution in [1.82, 2.24) is 0 Å². The first-order valence-corrected chi connectivity index (χ1v) is 8.92. The molecule has 7 heteroatoms. The molecule has 0 saturated carbocycles. The lowest BCUT2D eigenvalue weighted by Gasteiger charge is -2.24. The molecular weight excluding hydrogens is 339 g/mol. The van der Waals surface area contributed by atoms with Gasteiger partial charge < -0.3 is 4.74 Å². The van der Waals surface area contributed by atoms with Crippen LogP contribution in [0.25, 0.3) is 0 Å². The first-order valence-electron chi connectivity index (χ1n) is 7.81. The number of nitrogens with zero attached hydrogens (tertiary/aromatic N) is 1. The molecule has 0 bridgehead atoms. The van der Waals surface area contributed by atoms with Crippen molar-refractivity contribution in [3.05, 3.63) is 35.1 Å². The normalized spacial score (nSPS) is 21.1. The minimum absolute atomic E-state index is 0.0669. The predicted octanol–water partition coefficient (Wildman–Crippen LogP) is 4.37. The molecule has 1 aromatic rings. The Bertz CT molecular complexity index is 662. The predicted molar refractivity (Wildman–Crippen MR) is 89.4 cm³/mol. The van der Waals surface area contributed by atoms with Gasteiger partial charge in [0.2, 0.25) is 0 Å². The molecule has 0 spiro atoms. The molecule has 24 heavy (non-hydrogen) atoms. The molecule has 1 aliphatic rings. The summed E-state index contributed by atoms with van der Waals surface area (Å²) in [6.07, 6.45) is -0.590. The minimum Gasteiger partial charge on any atom is -0.372 e. The highest BCUT2D eigenvalue weighted by Crippen LogP contribution is 2.40. The lowest BCUT2D eigenvalue weighted by molar-refractivity contribution is -0.124.